The van der Waals surface area contributed by atoms with Gasteiger partial charge < -0.3 is 9.47 Å². The monoisotopic (exact) mass is 319 g/mol. The number of nitrogens with zero attached hydrogens (tertiary/aromatic N) is 1. The molecular weight excluding hydrogens is 313 g/mol. The summed E-state index contributed by atoms with van der Waals surface area (Å²) in [5.41, 5.74) is -2.36. The van der Waals surface area contributed by atoms with Crippen molar-refractivity contribution >= 4 is 17.6 Å². The van der Waals surface area contributed by atoms with Gasteiger partial charge in [0.05, 0.1) is 18.6 Å². The molecule has 10 heteroatoms. The predicted octanol–water partition coefficient (Wildman–Crippen LogP) is 3.44. The van der Waals surface area contributed by atoms with Gasteiger partial charge in [-0.1, -0.05) is 0 Å². The molecule has 0 aliphatic carbocycles. The van der Waals surface area contributed by atoms with E-state index in [1.165, 1.54) is 0 Å². The molecule has 0 fully saturated rings. The Morgan fingerprint density at radius 2 is 2.05 bits per heavy atom. The minimum atomic E-state index is -5.22. The maximum absolute atomic E-state index is 12.7. The molecule has 0 saturated carbocycles. The molecule has 0 spiro atoms. The Hall–Kier alpha value is -1.64. The van der Waals surface area contributed by atoms with Crippen LogP contribution in [-0.4, -0.2) is 24.4 Å². The number of carbonyl (C=O) groups is 1. The van der Waals surface area contributed by atoms with Crippen LogP contribution in [0.4, 0.5) is 22.0 Å². The molecule has 1 rings (SSSR count). The summed E-state index contributed by atoms with van der Waals surface area (Å²) in [7, 11) is 0.952. The van der Waals surface area contributed by atoms with E-state index < -0.39 is 47.2 Å². The molecule has 20 heavy (non-hydrogen) atoms. The molecule has 1 aromatic rings. The lowest BCUT2D eigenvalue weighted by Gasteiger charge is -2.17. The van der Waals surface area contributed by atoms with Gasteiger partial charge in [-0.2, -0.15) is 0 Å². The minimum absolute atomic E-state index is 0.411. The number of hydrogen-bond acceptors (Lipinski definition) is 4. The smallest absolute Gasteiger partial charge is 0.464 e. The van der Waals surface area contributed by atoms with Gasteiger partial charge in [-0.05, 0) is 0 Å². The van der Waals surface area contributed by atoms with Crippen molar-refractivity contribution in [3.63, 3.8) is 0 Å². The van der Waals surface area contributed by atoms with E-state index in [2.05, 4.69) is 14.5 Å². The molecule has 0 atom stereocenters. The maximum Gasteiger partial charge on any atom is 0.573 e. The van der Waals surface area contributed by atoms with E-state index in [1.54, 1.807) is 0 Å². The number of methoxy groups -OCH3 is 1. The summed E-state index contributed by atoms with van der Waals surface area (Å²) in [5.74, 6) is -3.05. The predicted molar refractivity (Wildman–Crippen MR) is 56.8 cm³/mol. The number of hydrogen-bond donors (Lipinski definition) is 0. The second kappa shape index (κ2) is 6.21. The lowest BCUT2D eigenvalue weighted by molar-refractivity contribution is -0.275. The third-order valence-corrected chi connectivity index (χ3v) is 2.39. The summed E-state index contributed by atoms with van der Waals surface area (Å²) in [5, 5.41) is 0. The summed E-state index contributed by atoms with van der Waals surface area (Å²) in [6, 6.07) is 0. The van der Waals surface area contributed by atoms with E-state index in [0.717, 1.165) is 7.11 Å². The molecule has 0 radical (unpaired) electrons. The number of ether oxygens (including phenoxy) is 2. The molecule has 0 N–H and O–H groups in total. The fraction of sp³-hybridized carbons (Fsp3) is 0.400. The largest absolute Gasteiger partial charge is 0.573 e. The van der Waals surface area contributed by atoms with Crippen LogP contribution in [0.2, 0.25) is 0 Å². The van der Waals surface area contributed by atoms with Crippen LogP contribution in [0.15, 0.2) is 6.20 Å². The third kappa shape index (κ3) is 3.69. The van der Waals surface area contributed by atoms with Gasteiger partial charge in [-0.3, -0.25) is 0 Å². The van der Waals surface area contributed by atoms with Gasteiger partial charge in [0.1, 0.15) is 5.75 Å². The van der Waals surface area contributed by atoms with E-state index in [0.29, 0.717) is 6.20 Å². The summed E-state index contributed by atoms with van der Waals surface area (Å²) in [4.78, 5) is 14.7. The van der Waals surface area contributed by atoms with Gasteiger partial charge in [-0.15, -0.1) is 24.8 Å². The first-order valence-corrected chi connectivity index (χ1v) is 5.44. The molecular formula is C10H7ClF5NO3. The van der Waals surface area contributed by atoms with Gasteiger partial charge in [0.25, 0.3) is 6.43 Å². The van der Waals surface area contributed by atoms with Crippen molar-refractivity contribution in [1.82, 2.24) is 4.98 Å². The van der Waals surface area contributed by atoms with Gasteiger partial charge in [-0.25, -0.2) is 18.6 Å². The molecule has 0 amide bonds. The molecule has 112 valence electrons. The number of halogens is 6. The summed E-state index contributed by atoms with van der Waals surface area (Å²) in [6.07, 6.45) is -8.10. The zero-order chi connectivity index (χ0) is 15.5. The summed E-state index contributed by atoms with van der Waals surface area (Å²) in [6.45, 7) is 0. The molecule has 0 unspecified atom stereocenters. The average molecular weight is 320 g/mol. The Kier molecular flexibility index (Phi) is 5.09. The molecule has 1 heterocycles. The first kappa shape index (κ1) is 16.4. The first-order chi connectivity index (χ1) is 9.21. The van der Waals surface area contributed by atoms with Crippen molar-refractivity contribution in [3.8, 4) is 5.75 Å². The van der Waals surface area contributed by atoms with E-state index >= 15 is 0 Å². The Morgan fingerprint density at radius 3 is 2.45 bits per heavy atom. The van der Waals surface area contributed by atoms with Crippen LogP contribution in [0.5, 0.6) is 5.75 Å². The minimum Gasteiger partial charge on any atom is -0.464 e. The normalized spacial score (nSPS) is 11.6. The molecule has 0 saturated heterocycles. The van der Waals surface area contributed by atoms with Gasteiger partial charge in [0.2, 0.25) is 0 Å². The van der Waals surface area contributed by atoms with E-state index in [-0.39, 0.29) is 0 Å². The van der Waals surface area contributed by atoms with Crippen LogP contribution in [0.1, 0.15) is 28.0 Å². The second-order valence-corrected chi connectivity index (χ2v) is 3.61. The lowest BCUT2D eigenvalue weighted by Crippen LogP contribution is -2.21. The summed E-state index contributed by atoms with van der Waals surface area (Å²) < 4.78 is 70.0. The van der Waals surface area contributed by atoms with E-state index in [1.807, 2.05) is 0 Å². The van der Waals surface area contributed by atoms with Crippen molar-refractivity contribution in [2.45, 2.75) is 18.7 Å². The average Bonchev–Trinajstić information content (AvgIpc) is 2.34. The number of aromatic nitrogens is 1. The molecule has 1 aromatic heterocycles. The van der Waals surface area contributed by atoms with Gasteiger partial charge in [0, 0.05) is 11.8 Å². The lowest BCUT2D eigenvalue weighted by atomic mass is 10.1. The molecule has 0 bridgehead atoms. The molecule has 4 nitrogen and oxygen atoms in total. The van der Waals surface area contributed by atoms with Crippen LogP contribution >= 0.6 is 11.6 Å². The van der Waals surface area contributed by atoms with Crippen LogP contribution in [-0.2, 0) is 10.6 Å². The quantitative estimate of drug-likeness (QED) is 0.484. The number of esters is 1. The third-order valence-electron chi connectivity index (χ3n) is 2.12. The van der Waals surface area contributed by atoms with Crippen LogP contribution < -0.4 is 4.74 Å². The van der Waals surface area contributed by atoms with Crippen LogP contribution in [0.3, 0.4) is 0 Å². The highest BCUT2D eigenvalue weighted by molar-refractivity contribution is 6.17. The number of alkyl halides is 6. The first-order valence-electron chi connectivity index (χ1n) is 4.91. The van der Waals surface area contributed by atoms with E-state index in [9.17, 15) is 26.7 Å². The Bertz CT molecular complexity index is 506. The SMILES string of the molecule is COC(=O)c1ncc(C(F)F)c(OC(F)(F)F)c1CCl. The van der Waals surface area contributed by atoms with E-state index in [4.69, 9.17) is 11.6 Å². The standard InChI is InChI=1S/C10H7ClF5NO3/c1-19-9(18)6-4(2-11)7(20-10(14,15)16)5(3-17-6)8(12)13/h3,8H,2H2,1H3. The van der Waals surface area contributed by atoms with Gasteiger partial charge >= 0.3 is 12.3 Å². The van der Waals surface area contributed by atoms with Crippen molar-refractivity contribution in [1.29, 1.82) is 0 Å². The highest BCUT2D eigenvalue weighted by Crippen LogP contribution is 2.37. The Morgan fingerprint density at radius 1 is 1.45 bits per heavy atom. The number of pyridine rings is 1. The fourth-order valence-corrected chi connectivity index (χ4v) is 1.59. The number of carbonyl (C=O) groups excluding carboxylic acids is 1. The van der Waals surface area contributed by atoms with Crippen molar-refractivity contribution in [2.75, 3.05) is 7.11 Å². The molecule has 0 aromatic carbocycles. The van der Waals surface area contributed by atoms with Crippen LogP contribution in [0.25, 0.3) is 0 Å². The zero-order valence-corrected chi connectivity index (χ0v) is 10.6. The van der Waals surface area contributed by atoms with Crippen molar-refractivity contribution in [3.05, 3.63) is 23.0 Å². The zero-order valence-electron chi connectivity index (χ0n) is 9.80. The maximum atomic E-state index is 12.7. The van der Waals surface area contributed by atoms with Crippen LogP contribution in [0, 0.1) is 0 Å². The molecule has 0 aliphatic heterocycles. The molecule has 0 aliphatic rings. The fourth-order valence-electron chi connectivity index (χ4n) is 1.34. The number of rotatable bonds is 4. The highest BCUT2D eigenvalue weighted by atomic mass is 35.5. The Labute approximate surface area is 114 Å². The van der Waals surface area contributed by atoms with Crippen molar-refractivity contribution < 1.29 is 36.2 Å². The highest BCUT2D eigenvalue weighted by Gasteiger charge is 2.36. The summed E-state index contributed by atoms with van der Waals surface area (Å²) >= 11 is 5.40. The van der Waals surface area contributed by atoms with Gasteiger partial charge in [0.15, 0.2) is 5.69 Å². The topological polar surface area (TPSA) is 48.4 Å². The van der Waals surface area contributed by atoms with Crippen molar-refractivity contribution in [2.24, 2.45) is 0 Å². The Balaban J connectivity index is 3.50. The second-order valence-electron chi connectivity index (χ2n) is 3.34.